The average molecular weight is 270 g/mol. The van der Waals surface area contributed by atoms with Crippen LogP contribution in [0.25, 0.3) is 0 Å². The van der Waals surface area contributed by atoms with E-state index in [0.717, 1.165) is 23.4 Å². The van der Waals surface area contributed by atoms with Crippen molar-refractivity contribution in [2.24, 2.45) is 0 Å². The second kappa shape index (κ2) is 6.67. The number of thioether (sulfide) groups is 1. The van der Waals surface area contributed by atoms with Gasteiger partial charge in [0.1, 0.15) is 0 Å². The van der Waals surface area contributed by atoms with Gasteiger partial charge in [0, 0.05) is 17.5 Å². The fourth-order valence-electron chi connectivity index (χ4n) is 1.65. The highest BCUT2D eigenvalue weighted by atomic mass is 35.5. The Labute approximate surface area is 113 Å². The van der Waals surface area contributed by atoms with Gasteiger partial charge in [-0.05, 0) is 42.7 Å². The molecule has 17 heavy (non-hydrogen) atoms. The van der Waals surface area contributed by atoms with Crippen LogP contribution in [0.2, 0.25) is 5.02 Å². The quantitative estimate of drug-likeness (QED) is 0.578. The van der Waals surface area contributed by atoms with Crippen molar-refractivity contribution in [2.75, 3.05) is 5.75 Å². The van der Waals surface area contributed by atoms with Gasteiger partial charge in [0.05, 0.1) is 5.02 Å². The van der Waals surface area contributed by atoms with Gasteiger partial charge in [-0.25, -0.2) is 0 Å². The third-order valence-electron chi connectivity index (χ3n) is 2.92. The maximum Gasteiger partial charge on any atom is 0.0545 e. The number of halogens is 1. The number of hydrogen-bond acceptors (Lipinski definition) is 2. The van der Waals surface area contributed by atoms with Gasteiger partial charge < -0.3 is 5.32 Å². The van der Waals surface area contributed by atoms with Gasteiger partial charge in [0.15, 0.2) is 0 Å². The summed E-state index contributed by atoms with van der Waals surface area (Å²) in [6, 6.07) is 7.21. The van der Waals surface area contributed by atoms with E-state index in [1.54, 1.807) is 0 Å². The van der Waals surface area contributed by atoms with Gasteiger partial charge in [-0.1, -0.05) is 31.0 Å². The minimum atomic E-state index is 0.757. The second-order valence-corrected chi connectivity index (χ2v) is 6.17. The molecule has 2 rings (SSSR count). The van der Waals surface area contributed by atoms with Gasteiger partial charge in [-0.3, -0.25) is 0 Å². The third kappa shape index (κ3) is 4.53. The van der Waals surface area contributed by atoms with E-state index < -0.39 is 0 Å². The summed E-state index contributed by atoms with van der Waals surface area (Å²) in [5, 5.41) is 4.41. The normalized spacial score (nSPS) is 15.2. The summed E-state index contributed by atoms with van der Waals surface area (Å²) in [6.07, 6.45) is 5.16. The van der Waals surface area contributed by atoms with Crippen LogP contribution in [0.4, 0.5) is 0 Å². The van der Waals surface area contributed by atoms with Crippen molar-refractivity contribution in [3.8, 4) is 0 Å². The Kier molecular flexibility index (Phi) is 5.20. The summed E-state index contributed by atoms with van der Waals surface area (Å²) in [4.78, 5) is 1.22. The van der Waals surface area contributed by atoms with Crippen molar-refractivity contribution in [1.82, 2.24) is 5.32 Å². The molecule has 0 amide bonds. The summed E-state index contributed by atoms with van der Waals surface area (Å²) in [7, 11) is 0. The highest BCUT2D eigenvalue weighted by Crippen LogP contribution is 2.29. The molecule has 94 valence electrons. The van der Waals surface area contributed by atoms with Crippen LogP contribution in [0.3, 0.4) is 0 Å². The van der Waals surface area contributed by atoms with E-state index in [1.807, 2.05) is 11.8 Å². The Hall–Kier alpha value is -0.180. The molecule has 1 saturated carbocycles. The zero-order chi connectivity index (χ0) is 12.1. The number of nitrogens with one attached hydrogen (secondary N) is 1. The summed E-state index contributed by atoms with van der Waals surface area (Å²) < 4.78 is 0. The third-order valence-corrected chi connectivity index (χ3v) is 4.51. The van der Waals surface area contributed by atoms with Crippen LogP contribution in [0.15, 0.2) is 23.1 Å². The monoisotopic (exact) mass is 269 g/mol. The van der Waals surface area contributed by atoms with Crippen molar-refractivity contribution in [3.63, 3.8) is 0 Å². The Morgan fingerprint density at radius 3 is 2.88 bits per heavy atom. The van der Waals surface area contributed by atoms with Crippen molar-refractivity contribution in [1.29, 1.82) is 0 Å². The predicted molar refractivity (Wildman–Crippen MR) is 76.9 cm³/mol. The van der Waals surface area contributed by atoms with E-state index in [-0.39, 0.29) is 0 Å². The lowest BCUT2D eigenvalue weighted by Gasteiger charge is -2.07. The predicted octanol–water partition coefficient (Wildman–Crippen LogP) is 4.48. The first-order chi connectivity index (χ1) is 8.29. The molecule has 3 heteroatoms. The van der Waals surface area contributed by atoms with E-state index in [9.17, 15) is 0 Å². The fraction of sp³-hybridized carbons (Fsp3) is 0.571. The Balaban J connectivity index is 1.85. The first-order valence-corrected chi connectivity index (χ1v) is 7.80. The molecule has 1 fully saturated rings. The minimum Gasteiger partial charge on any atom is -0.310 e. The molecule has 1 aliphatic carbocycles. The lowest BCUT2D eigenvalue weighted by molar-refractivity contribution is 0.687. The molecule has 1 aromatic rings. The van der Waals surface area contributed by atoms with Gasteiger partial charge >= 0.3 is 0 Å². The van der Waals surface area contributed by atoms with Crippen molar-refractivity contribution >= 4 is 23.4 Å². The van der Waals surface area contributed by atoms with Gasteiger partial charge in [-0.2, -0.15) is 0 Å². The number of unbranched alkanes of at least 4 members (excludes halogenated alkanes) is 1. The van der Waals surface area contributed by atoms with Crippen molar-refractivity contribution < 1.29 is 0 Å². The molecule has 1 N–H and O–H groups in total. The largest absolute Gasteiger partial charge is 0.310 e. The molecule has 0 aromatic heterocycles. The summed E-state index contributed by atoms with van der Waals surface area (Å²) in [6.45, 7) is 3.17. The molecule has 0 heterocycles. The van der Waals surface area contributed by atoms with Crippen LogP contribution >= 0.6 is 23.4 Å². The first-order valence-electron chi connectivity index (χ1n) is 6.44. The van der Waals surface area contributed by atoms with Gasteiger partial charge in [0.25, 0.3) is 0 Å². The molecule has 0 saturated heterocycles. The number of benzene rings is 1. The summed E-state index contributed by atoms with van der Waals surface area (Å²) >= 11 is 8.16. The van der Waals surface area contributed by atoms with E-state index in [1.165, 1.54) is 36.1 Å². The maximum absolute atomic E-state index is 6.29. The van der Waals surface area contributed by atoms with Crippen LogP contribution in [0, 0.1) is 0 Å². The van der Waals surface area contributed by atoms with Crippen molar-refractivity contribution in [2.45, 2.75) is 50.1 Å². The SMILES string of the molecule is CCCCSc1ccc(CNC2CC2)cc1Cl. The smallest absolute Gasteiger partial charge is 0.0545 e. The molecular weight excluding hydrogens is 250 g/mol. The Morgan fingerprint density at radius 1 is 1.41 bits per heavy atom. The lowest BCUT2D eigenvalue weighted by Crippen LogP contribution is -2.15. The molecule has 0 unspecified atom stereocenters. The van der Waals surface area contributed by atoms with E-state index in [4.69, 9.17) is 11.6 Å². The van der Waals surface area contributed by atoms with E-state index >= 15 is 0 Å². The highest BCUT2D eigenvalue weighted by Gasteiger charge is 2.19. The van der Waals surface area contributed by atoms with E-state index in [0.29, 0.717) is 0 Å². The molecule has 1 nitrogen and oxygen atoms in total. The number of hydrogen-bond donors (Lipinski definition) is 1. The standard InChI is InChI=1S/C14H20ClNS/c1-2-3-8-17-14-7-4-11(9-13(14)15)10-16-12-5-6-12/h4,7,9,12,16H,2-3,5-6,8,10H2,1H3. The van der Waals surface area contributed by atoms with Crippen LogP contribution in [0.1, 0.15) is 38.2 Å². The van der Waals surface area contributed by atoms with Crippen LogP contribution < -0.4 is 5.32 Å². The highest BCUT2D eigenvalue weighted by molar-refractivity contribution is 7.99. The fourth-order valence-corrected chi connectivity index (χ4v) is 3.03. The first kappa shape index (κ1) is 13.3. The van der Waals surface area contributed by atoms with Gasteiger partial charge in [0.2, 0.25) is 0 Å². The molecule has 0 atom stereocenters. The molecule has 0 spiro atoms. The Bertz CT molecular complexity index is 363. The Morgan fingerprint density at radius 2 is 2.24 bits per heavy atom. The average Bonchev–Trinajstić information content (AvgIpc) is 3.13. The molecule has 1 aromatic carbocycles. The zero-order valence-electron chi connectivity index (χ0n) is 10.3. The van der Waals surface area contributed by atoms with E-state index in [2.05, 4.69) is 30.4 Å². The summed E-state index contributed by atoms with van der Waals surface area (Å²) in [5.74, 6) is 1.16. The van der Waals surface area contributed by atoms with Crippen molar-refractivity contribution in [3.05, 3.63) is 28.8 Å². The van der Waals surface area contributed by atoms with Gasteiger partial charge in [-0.15, -0.1) is 11.8 Å². The molecule has 1 aliphatic rings. The van der Waals surface area contributed by atoms with Crippen LogP contribution in [-0.4, -0.2) is 11.8 Å². The minimum absolute atomic E-state index is 0.757. The van der Waals surface area contributed by atoms with Crippen LogP contribution in [0.5, 0.6) is 0 Å². The van der Waals surface area contributed by atoms with Crippen LogP contribution in [-0.2, 0) is 6.54 Å². The molecular formula is C14H20ClNS. The summed E-state index contributed by atoms with van der Waals surface area (Å²) in [5.41, 5.74) is 1.29. The molecule has 0 bridgehead atoms. The second-order valence-electron chi connectivity index (χ2n) is 4.62. The lowest BCUT2D eigenvalue weighted by atomic mass is 10.2. The molecule has 0 radical (unpaired) electrons. The topological polar surface area (TPSA) is 12.0 Å². The number of rotatable bonds is 7. The molecule has 0 aliphatic heterocycles. The zero-order valence-corrected chi connectivity index (χ0v) is 11.9. The maximum atomic E-state index is 6.29.